The van der Waals surface area contributed by atoms with E-state index < -0.39 is 0 Å². The first-order valence-electron chi connectivity index (χ1n) is 11.3. The fourth-order valence-corrected chi connectivity index (χ4v) is 6.82. The number of thiophene rings is 2. The summed E-state index contributed by atoms with van der Waals surface area (Å²) >= 11 is 7.24. The van der Waals surface area contributed by atoms with Gasteiger partial charge in [0, 0.05) is 52.7 Å². The first-order chi connectivity index (χ1) is 16.0. The Kier molecular flexibility index (Phi) is 6.97. The number of nitrogens with zero attached hydrogens (tertiary/aromatic N) is 3. The Labute approximate surface area is 211 Å². The van der Waals surface area contributed by atoms with E-state index in [9.17, 15) is 0 Å². The number of hydrogen-bond donors (Lipinski definition) is 2. The maximum absolute atomic E-state index is 4.81. The third kappa shape index (κ3) is 5.40. The Morgan fingerprint density at radius 2 is 1.64 bits per heavy atom. The van der Waals surface area contributed by atoms with Crippen LogP contribution in [-0.4, -0.2) is 36.1 Å². The number of halogens is 1. The van der Waals surface area contributed by atoms with Gasteiger partial charge in [-0.1, -0.05) is 12.1 Å². The number of nitrogens with one attached hydrogen (secondary N) is 2. The van der Waals surface area contributed by atoms with Crippen molar-refractivity contribution in [1.29, 1.82) is 0 Å². The van der Waals surface area contributed by atoms with Crippen molar-refractivity contribution in [3.63, 3.8) is 0 Å². The van der Waals surface area contributed by atoms with Gasteiger partial charge in [-0.2, -0.15) is 4.98 Å². The van der Waals surface area contributed by atoms with E-state index in [2.05, 4.69) is 67.9 Å². The summed E-state index contributed by atoms with van der Waals surface area (Å²) in [5.41, 5.74) is 0.985. The van der Waals surface area contributed by atoms with Gasteiger partial charge in [0.15, 0.2) is 0 Å². The molecule has 1 aliphatic carbocycles. The fraction of sp³-hybridized carbons (Fsp3) is 0.360. The van der Waals surface area contributed by atoms with Gasteiger partial charge in [0.1, 0.15) is 5.82 Å². The quantitative estimate of drug-likeness (QED) is 0.270. The van der Waals surface area contributed by atoms with Crippen LogP contribution in [0.1, 0.15) is 30.6 Å². The summed E-state index contributed by atoms with van der Waals surface area (Å²) in [6.07, 6.45) is 4.60. The Morgan fingerprint density at radius 3 is 2.39 bits per heavy atom. The topological polar surface area (TPSA) is 53.1 Å². The van der Waals surface area contributed by atoms with Gasteiger partial charge in [-0.3, -0.25) is 0 Å². The second-order valence-electron chi connectivity index (χ2n) is 8.73. The third-order valence-electron chi connectivity index (χ3n) is 6.11. The molecule has 0 unspecified atom stereocenters. The van der Waals surface area contributed by atoms with Crippen LogP contribution in [0.2, 0.25) is 0 Å². The highest BCUT2D eigenvalue weighted by Crippen LogP contribution is 2.35. The molecule has 1 fully saturated rings. The van der Waals surface area contributed by atoms with E-state index in [-0.39, 0.29) is 0 Å². The molecule has 3 aromatic heterocycles. The number of fused-ring (bicyclic) bond motifs is 1. The predicted molar refractivity (Wildman–Crippen MR) is 146 cm³/mol. The molecule has 0 saturated heterocycles. The molecular weight excluding hydrogens is 514 g/mol. The maximum atomic E-state index is 4.81. The number of aromatic nitrogens is 2. The molecule has 0 amide bonds. The van der Waals surface area contributed by atoms with Crippen molar-refractivity contribution < 1.29 is 0 Å². The van der Waals surface area contributed by atoms with Gasteiger partial charge in [-0.05, 0) is 78.0 Å². The lowest BCUT2D eigenvalue weighted by Gasteiger charge is -2.30. The molecule has 172 valence electrons. The van der Waals surface area contributed by atoms with Crippen LogP contribution in [0.5, 0.6) is 0 Å². The van der Waals surface area contributed by atoms with Gasteiger partial charge < -0.3 is 15.5 Å². The van der Waals surface area contributed by atoms with Crippen molar-refractivity contribution in [3.8, 4) is 9.75 Å². The van der Waals surface area contributed by atoms with Crippen LogP contribution >= 0.6 is 38.6 Å². The summed E-state index contributed by atoms with van der Waals surface area (Å²) in [7, 11) is 4.07. The molecule has 0 spiro atoms. The van der Waals surface area contributed by atoms with Crippen molar-refractivity contribution in [1.82, 2.24) is 15.3 Å². The molecule has 8 heteroatoms. The van der Waals surface area contributed by atoms with E-state index in [1.807, 2.05) is 37.6 Å². The first kappa shape index (κ1) is 22.8. The van der Waals surface area contributed by atoms with E-state index in [1.165, 1.54) is 31.3 Å². The molecule has 5 nitrogen and oxygen atoms in total. The van der Waals surface area contributed by atoms with Gasteiger partial charge >= 0.3 is 0 Å². The zero-order chi connectivity index (χ0) is 22.8. The van der Waals surface area contributed by atoms with Crippen LogP contribution in [0, 0.1) is 0 Å². The lowest BCUT2D eigenvalue weighted by Crippen LogP contribution is -2.36. The van der Waals surface area contributed by atoms with Crippen LogP contribution in [0.15, 0.2) is 52.3 Å². The fourth-order valence-electron chi connectivity index (χ4n) is 4.39. The SMILES string of the molecule is CN(C)c1nc(NC2CCC(NCc3ccc(-c4ccc(Br)s4)s3)CC2)nc2ccccc12. The zero-order valence-electron chi connectivity index (χ0n) is 18.8. The Bertz CT molecular complexity index is 1230. The summed E-state index contributed by atoms with van der Waals surface area (Å²) in [6.45, 7) is 0.944. The van der Waals surface area contributed by atoms with E-state index in [0.717, 1.165) is 42.1 Å². The van der Waals surface area contributed by atoms with E-state index in [4.69, 9.17) is 9.97 Å². The number of benzene rings is 1. The summed E-state index contributed by atoms with van der Waals surface area (Å²) in [5.74, 6) is 1.70. The van der Waals surface area contributed by atoms with Crippen LogP contribution < -0.4 is 15.5 Å². The summed E-state index contributed by atoms with van der Waals surface area (Å²) < 4.78 is 1.18. The highest BCUT2D eigenvalue weighted by atomic mass is 79.9. The average Bonchev–Trinajstić information content (AvgIpc) is 3.47. The molecule has 0 radical (unpaired) electrons. The standard InChI is InChI=1S/C25H28BrN5S2/c1-31(2)24-19-5-3-4-6-20(19)29-25(30-24)28-17-9-7-16(8-10-17)27-15-18-11-12-21(32-18)22-13-14-23(26)33-22/h3-6,11-14,16-17,27H,7-10,15H2,1-2H3,(H,28,29,30). The Morgan fingerprint density at radius 1 is 0.909 bits per heavy atom. The second kappa shape index (κ2) is 10.1. The van der Waals surface area contributed by atoms with Crippen LogP contribution in [0.3, 0.4) is 0 Å². The molecular formula is C25H28BrN5S2. The van der Waals surface area contributed by atoms with Crippen molar-refractivity contribution in [3.05, 3.63) is 57.2 Å². The molecule has 1 aromatic carbocycles. The van der Waals surface area contributed by atoms with Gasteiger partial charge in [-0.15, -0.1) is 22.7 Å². The number of anilines is 2. The Balaban J connectivity index is 1.15. The van der Waals surface area contributed by atoms with Gasteiger partial charge in [-0.25, -0.2) is 4.98 Å². The van der Waals surface area contributed by atoms with E-state index in [0.29, 0.717) is 12.1 Å². The molecule has 0 atom stereocenters. The van der Waals surface area contributed by atoms with Crippen LogP contribution in [0.25, 0.3) is 20.7 Å². The minimum atomic E-state index is 0.421. The van der Waals surface area contributed by atoms with Crippen molar-refractivity contribution in [2.24, 2.45) is 0 Å². The maximum Gasteiger partial charge on any atom is 0.225 e. The average molecular weight is 543 g/mol. The van der Waals surface area contributed by atoms with Crippen LogP contribution in [0.4, 0.5) is 11.8 Å². The lowest BCUT2D eigenvalue weighted by atomic mass is 9.91. The zero-order valence-corrected chi connectivity index (χ0v) is 22.1. The minimum Gasteiger partial charge on any atom is -0.362 e. The molecule has 5 rings (SSSR count). The molecule has 0 bridgehead atoms. The third-order valence-corrected chi connectivity index (χ3v) is 9.01. The molecule has 2 N–H and O–H groups in total. The normalized spacial score (nSPS) is 18.5. The molecule has 3 heterocycles. The number of hydrogen-bond acceptors (Lipinski definition) is 7. The lowest BCUT2D eigenvalue weighted by molar-refractivity contribution is 0.353. The predicted octanol–water partition coefficient (Wildman–Crippen LogP) is 6.76. The molecule has 33 heavy (non-hydrogen) atoms. The van der Waals surface area contributed by atoms with E-state index in [1.54, 1.807) is 11.3 Å². The van der Waals surface area contributed by atoms with Gasteiger partial charge in [0.25, 0.3) is 0 Å². The van der Waals surface area contributed by atoms with Crippen molar-refractivity contribution in [2.45, 2.75) is 44.3 Å². The highest BCUT2D eigenvalue weighted by molar-refractivity contribution is 9.11. The highest BCUT2D eigenvalue weighted by Gasteiger charge is 2.22. The van der Waals surface area contributed by atoms with Gasteiger partial charge in [0.2, 0.25) is 5.95 Å². The molecule has 1 aliphatic rings. The molecule has 1 saturated carbocycles. The number of para-hydroxylation sites is 1. The van der Waals surface area contributed by atoms with Crippen molar-refractivity contribution >= 4 is 61.3 Å². The van der Waals surface area contributed by atoms with E-state index >= 15 is 0 Å². The largest absolute Gasteiger partial charge is 0.362 e. The monoisotopic (exact) mass is 541 g/mol. The Hall–Kier alpha value is -2.00. The summed E-state index contributed by atoms with van der Waals surface area (Å²) in [4.78, 5) is 15.7. The first-order valence-corrected chi connectivity index (χ1v) is 13.8. The summed E-state index contributed by atoms with van der Waals surface area (Å²) in [5, 5.41) is 8.48. The summed E-state index contributed by atoms with van der Waals surface area (Å²) in [6, 6.07) is 18.0. The minimum absolute atomic E-state index is 0.421. The number of rotatable bonds is 7. The smallest absolute Gasteiger partial charge is 0.225 e. The molecule has 4 aromatic rings. The van der Waals surface area contributed by atoms with Crippen molar-refractivity contribution in [2.75, 3.05) is 24.3 Å². The second-order valence-corrected chi connectivity index (χ2v) is 12.4. The van der Waals surface area contributed by atoms with Crippen LogP contribution in [-0.2, 0) is 6.54 Å². The molecule has 0 aliphatic heterocycles. The van der Waals surface area contributed by atoms with Gasteiger partial charge in [0.05, 0.1) is 9.30 Å².